The van der Waals surface area contributed by atoms with E-state index in [1.165, 1.54) is 44.1 Å². The fraction of sp³-hybridized carbons (Fsp3) is 0.368. The van der Waals surface area contributed by atoms with Gasteiger partial charge in [0, 0.05) is 0 Å². The number of hydrogen-bond donors (Lipinski definition) is 0. The molecule has 0 heterocycles. The summed E-state index contributed by atoms with van der Waals surface area (Å²) in [7, 11) is 0. The maximum atomic E-state index is 2.23. The zero-order valence-corrected chi connectivity index (χ0v) is 14.7. The molecule has 0 spiro atoms. The summed E-state index contributed by atoms with van der Waals surface area (Å²) in [5.41, 5.74) is 1.53. The summed E-state index contributed by atoms with van der Waals surface area (Å²) < 4.78 is 1.55. The van der Waals surface area contributed by atoms with E-state index in [9.17, 15) is 0 Å². The van der Waals surface area contributed by atoms with Crippen molar-refractivity contribution in [1.29, 1.82) is 0 Å². The Morgan fingerprint density at radius 3 is 1.40 bits per heavy atom. The van der Waals surface area contributed by atoms with Crippen molar-refractivity contribution in [2.24, 2.45) is 0 Å². The molecule has 0 amide bonds. The third-order valence-corrected chi connectivity index (χ3v) is 4.35. The van der Waals surface area contributed by atoms with Crippen LogP contribution in [0, 0.1) is 0 Å². The van der Waals surface area contributed by atoms with Crippen LogP contribution in [0.2, 0.25) is 0 Å². The van der Waals surface area contributed by atoms with Crippen LogP contribution in [-0.2, 0) is 18.9 Å². The molecule has 0 saturated heterocycles. The summed E-state index contributed by atoms with van der Waals surface area (Å²) in [6.45, 7) is 2.20. The minimum absolute atomic E-state index is 1.18. The maximum absolute atomic E-state index is 2.23. The van der Waals surface area contributed by atoms with Crippen molar-refractivity contribution in [2.45, 2.75) is 45.4 Å². The Hall–Kier alpha value is -0.911. The molecule has 0 nitrogen and oxygen atoms in total. The van der Waals surface area contributed by atoms with Crippen LogP contribution in [-0.4, -0.2) is 0 Å². The average Bonchev–Trinajstić information content (AvgIpc) is 2.97. The molecule has 0 bridgehead atoms. The fourth-order valence-electron chi connectivity index (χ4n) is 1.90. The van der Waals surface area contributed by atoms with Crippen molar-refractivity contribution < 1.29 is 18.9 Å². The molecule has 0 aromatic heterocycles. The standard InChI is InChI=1S/C7H9.2C6H8.Ir/c1-2-7-5-3-4-6-7;2*1-2-4-6-5-3-1;/h3,5H,2,4H2,1H3;2*1-4H,5-6H2;. The Bertz CT molecular complexity index is 383. The Morgan fingerprint density at radius 1 is 0.800 bits per heavy atom. The predicted octanol–water partition coefficient (Wildman–Crippen LogP) is 5.94. The van der Waals surface area contributed by atoms with Crippen LogP contribution in [0.15, 0.2) is 70.4 Å². The normalized spacial score (nSPS) is 18.6. The molecule has 0 fully saturated rings. The molecule has 0 aliphatic heterocycles. The van der Waals surface area contributed by atoms with Gasteiger partial charge in [0.2, 0.25) is 0 Å². The van der Waals surface area contributed by atoms with Crippen molar-refractivity contribution in [3.8, 4) is 0 Å². The van der Waals surface area contributed by atoms with Crippen molar-refractivity contribution in [1.82, 2.24) is 0 Å². The van der Waals surface area contributed by atoms with E-state index in [-0.39, 0.29) is 0 Å². The van der Waals surface area contributed by atoms with E-state index in [0.29, 0.717) is 0 Å². The van der Waals surface area contributed by atoms with Gasteiger partial charge in [0.1, 0.15) is 0 Å². The first-order valence-corrected chi connectivity index (χ1v) is 8.69. The summed E-state index contributed by atoms with van der Waals surface area (Å²) in [5, 5.41) is 0. The van der Waals surface area contributed by atoms with Gasteiger partial charge in [0.25, 0.3) is 0 Å². The van der Waals surface area contributed by atoms with Gasteiger partial charge >= 0.3 is 60.5 Å². The van der Waals surface area contributed by atoms with Gasteiger partial charge in [0.05, 0.1) is 0 Å². The van der Waals surface area contributed by atoms with Crippen molar-refractivity contribution in [3.63, 3.8) is 0 Å². The number of rotatable bonds is 1. The Kier molecular flexibility index (Phi) is 10.2. The monoisotopic (exact) mass is 446 g/mol. The summed E-state index contributed by atoms with van der Waals surface area (Å²) in [6.07, 6.45) is 28.8. The van der Waals surface area contributed by atoms with Crippen molar-refractivity contribution >= 4 is 0 Å². The van der Waals surface area contributed by atoms with Gasteiger partial charge in [0.15, 0.2) is 0 Å². The van der Waals surface area contributed by atoms with Gasteiger partial charge in [-0.3, -0.25) is 0 Å². The molecular formula is C19H25Ir. The van der Waals surface area contributed by atoms with Gasteiger partial charge < -0.3 is 0 Å². The van der Waals surface area contributed by atoms with Crippen LogP contribution in [0.1, 0.15) is 45.4 Å². The fourth-order valence-corrected chi connectivity index (χ4v) is 2.81. The zero-order valence-electron chi connectivity index (χ0n) is 12.3. The molecule has 0 aromatic rings. The summed E-state index contributed by atoms with van der Waals surface area (Å²) in [6, 6.07) is 0. The van der Waals surface area contributed by atoms with Crippen molar-refractivity contribution in [2.75, 3.05) is 0 Å². The topological polar surface area (TPSA) is 0 Å². The molecule has 0 aromatic carbocycles. The summed E-state index contributed by atoms with van der Waals surface area (Å²) >= 11 is 2.21. The molecule has 0 saturated carbocycles. The SMILES string of the molecule is C1=CCCC=C1.C1=CCCC=C1.CCC1=[C]([Ir])CC=C1. The van der Waals surface area contributed by atoms with Crippen LogP contribution >= 0.6 is 0 Å². The van der Waals surface area contributed by atoms with Crippen LogP contribution in [0.3, 0.4) is 0 Å². The summed E-state index contributed by atoms with van der Waals surface area (Å²) in [4.78, 5) is 0. The van der Waals surface area contributed by atoms with E-state index >= 15 is 0 Å². The van der Waals surface area contributed by atoms with E-state index in [1.54, 1.807) is 4.09 Å². The van der Waals surface area contributed by atoms with Gasteiger partial charge in [-0.15, -0.1) is 0 Å². The van der Waals surface area contributed by atoms with Gasteiger partial charge in [-0.25, -0.2) is 0 Å². The zero-order chi connectivity index (χ0) is 14.5. The molecule has 3 aliphatic rings. The quantitative estimate of drug-likeness (QED) is 0.468. The van der Waals surface area contributed by atoms with Gasteiger partial charge in [-0.05, 0) is 25.7 Å². The van der Waals surface area contributed by atoms with Gasteiger partial charge in [-0.2, -0.15) is 0 Å². The second-order valence-electron chi connectivity index (χ2n) is 4.73. The van der Waals surface area contributed by atoms with E-state index in [2.05, 4.69) is 86.6 Å². The molecule has 0 N–H and O–H groups in total. The molecular weight excluding hydrogens is 420 g/mol. The Labute approximate surface area is 134 Å². The average molecular weight is 446 g/mol. The second-order valence-corrected chi connectivity index (χ2v) is 6.18. The first kappa shape index (κ1) is 17.1. The van der Waals surface area contributed by atoms with Crippen LogP contribution in [0.4, 0.5) is 0 Å². The van der Waals surface area contributed by atoms with Crippen LogP contribution in [0.25, 0.3) is 0 Å². The molecule has 0 unspecified atom stereocenters. The number of allylic oxidation sites excluding steroid dienone is 12. The summed E-state index contributed by atoms with van der Waals surface area (Å²) in [5.74, 6) is 0. The molecule has 3 rings (SSSR count). The molecule has 110 valence electrons. The van der Waals surface area contributed by atoms with Crippen LogP contribution < -0.4 is 0 Å². The minimum atomic E-state index is 1.18. The van der Waals surface area contributed by atoms with Gasteiger partial charge in [-0.1, -0.05) is 48.6 Å². The molecule has 3 aliphatic carbocycles. The second kappa shape index (κ2) is 11.9. The first-order chi connectivity index (χ1) is 9.84. The third kappa shape index (κ3) is 8.30. The van der Waals surface area contributed by atoms with E-state index < -0.39 is 0 Å². The molecule has 20 heavy (non-hydrogen) atoms. The van der Waals surface area contributed by atoms with E-state index in [4.69, 9.17) is 0 Å². The molecule has 1 heteroatoms. The van der Waals surface area contributed by atoms with Crippen molar-refractivity contribution in [3.05, 3.63) is 70.4 Å². The van der Waals surface area contributed by atoms with Crippen LogP contribution in [0.5, 0.6) is 0 Å². The molecule has 0 atom stereocenters. The first-order valence-electron chi connectivity index (χ1n) is 7.49. The Morgan fingerprint density at radius 2 is 1.25 bits per heavy atom. The van der Waals surface area contributed by atoms with E-state index in [1.807, 2.05) is 0 Å². The third-order valence-electron chi connectivity index (χ3n) is 3.09. The molecule has 0 radical (unpaired) electrons. The predicted molar refractivity (Wildman–Crippen MR) is 86.1 cm³/mol. The van der Waals surface area contributed by atoms with E-state index in [0.717, 1.165) is 0 Å². The Balaban J connectivity index is 0.000000152. The number of hydrogen-bond acceptors (Lipinski definition) is 0.